The molecular formula is C10H18O3. The minimum Gasteiger partial charge on any atom is -0.390 e. The molecule has 76 valence electrons. The summed E-state index contributed by atoms with van der Waals surface area (Å²) in [6.45, 7) is 5.73. The van der Waals surface area contributed by atoms with Crippen molar-refractivity contribution in [2.45, 2.75) is 62.9 Å². The largest absolute Gasteiger partial charge is 0.390 e. The predicted molar refractivity (Wildman–Crippen MR) is 48.4 cm³/mol. The molecule has 0 radical (unpaired) electrons. The highest BCUT2D eigenvalue weighted by atomic mass is 16.6. The fraction of sp³-hybridized carbons (Fsp3) is 1.00. The first kappa shape index (κ1) is 9.44. The molecule has 3 nitrogen and oxygen atoms in total. The van der Waals surface area contributed by atoms with Gasteiger partial charge in [-0.15, -0.1) is 0 Å². The van der Waals surface area contributed by atoms with Gasteiger partial charge < -0.3 is 14.9 Å². The van der Waals surface area contributed by atoms with Crippen molar-refractivity contribution in [1.29, 1.82) is 0 Å². The summed E-state index contributed by atoms with van der Waals surface area (Å²) in [5.41, 5.74) is -1.82. The molecule has 3 heteroatoms. The van der Waals surface area contributed by atoms with Crippen LogP contribution in [0.1, 0.15) is 40.0 Å². The molecule has 2 bridgehead atoms. The number of rotatable bonds is 0. The first-order valence-corrected chi connectivity index (χ1v) is 4.90. The lowest BCUT2D eigenvalue weighted by Gasteiger charge is -2.60. The standard InChI is InChI=1S/C10H18O3/c1-8(2)10(12)5-4-9(3,13-8)7(11)6-10/h7,11-12H,4-6H2,1-3H3/t7-,9-,10-/m0/s1. The molecule has 3 rings (SSSR count). The summed E-state index contributed by atoms with van der Waals surface area (Å²) < 4.78 is 5.78. The lowest BCUT2D eigenvalue weighted by atomic mass is 9.64. The minimum atomic E-state index is -0.843. The molecule has 3 aliphatic rings. The zero-order valence-electron chi connectivity index (χ0n) is 8.50. The van der Waals surface area contributed by atoms with E-state index in [1.54, 1.807) is 0 Å². The Morgan fingerprint density at radius 3 is 2.23 bits per heavy atom. The van der Waals surface area contributed by atoms with Gasteiger partial charge in [0, 0.05) is 6.42 Å². The van der Waals surface area contributed by atoms with Crippen LogP contribution in [0.5, 0.6) is 0 Å². The van der Waals surface area contributed by atoms with Gasteiger partial charge in [-0.25, -0.2) is 0 Å². The Hall–Kier alpha value is -0.120. The molecular weight excluding hydrogens is 168 g/mol. The molecule has 3 atom stereocenters. The van der Waals surface area contributed by atoms with Crippen LogP contribution in [-0.2, 0) is 4.74 Å². The van der Waals surface area contributed by atoms with Crippen molar-refractivity contribution in [3.05, 3.63) is 0 Å². The maximum atomic E-state index is 10.2. The Bertz CT molecular complexity index is 236. The number of hydrogen-bond acceptors (Lipinski definition) is 3. The molecule has 13 heavy (non-hydrogen) atoms. The zero-order chi connectivity index (χ0) is 9.91. The van der Waals surface area contributed by atoms with Gasteiger partial charge in [-0.1, -0.05) is 0 Å². The average molecular weight is 186 g/mol. The van der Waals surface area contributed by atoms with Crippen molar-refractivity contribution < 1.29 is 14.9 Å². The highest BCUT2D eigenvalue weighted by molar-refractivity contribution is 5.11. The van der Waals surface area contributed by atoms with Crippen molar-refractivity contribution in [2.24, 2.45) is 0 Å². The van der Waals surface area contributed by atoms with Crippen LogP contribution < -0.4 is 0 Å². The lowest BCUT2D eigenvalue weighted by molar-refractivity contribution is -0.330. The summed E-state index contributed by atoms with van der Waals surface area (Å²) in [6.07, 6.45) is 1.39. The van der Waals surface area contributed by atoms with E-state index in [-0.39, 0.29) is 0 Å². The van der Waals surface area contributed by atoms with Crippen LogP contribution in [0.2, 0.25) is 0 Å². The second-order valence-electron chi connectivity index (χ2n) is 5.18. The zero-order valence-corrected chi connectivity index (χ0v) is 8.50. The molecule has 2 heterocycles. The third-order valence-corrected chi connectivity index (χ3v) is 3.88. The number of fused-ring (bicyclic) bond motifs is 3. The monoisotopic (exact) mass is 186 g/mol. The quantitative estimate of drug-likeness (QED) is 0.589. The van der Waals surface area contributed by atoms with Gasteiger partial charge in [0.15, 0.2) is 0 Å². The summed E-state index contributed by atoms with van der Waals surface area (Å²) in [5, 5.41) is 20.0. The van der Waals surface area contributed by atoms with Gasteiger partial charge in [-0.2, -0.15) is 0 Å². The van der Waals surface area contributed by atoms with Crippen molar-refractivity contribution in [3.8, 4) is 0 Å². The maximum Gasteiger partial charge on any atom is 0.0957 e. The fourth-order valence-electron chi connectivity index (χ4n) is 2.60. The first-order chi connectivity index (χ1) is 5.79. The number of aliphatic hydroxyl groups is 2. The highest BCUT2D eigenvalue weighted by Crippen LogP contribution is 2.51. The molecule has 0 aromatic carbocycles. The average Bonchev–Trinajstić information content (AvgIpc) is 1.95. The second kappa shape index (κ2) is 2.27. The van der Waals surface area contributed by atoms with Crippen LogP contribution in [0.15, 0.2) is 0 Å². The summed E-state index contributed by atoms with van der Waals surface area (Å²) in [6, 6.07) is 0. The van der Waals surface area contributed by atoms with Crippen LogP contribution >= 0.6 is 0 Å². The summed E-state index contributed by atoms with van der Waals surface area (Å²) >= 11 is 0. The van der Waals surface area contributed by atoms with Gasteiger partial charge >= 0.3 is 0 Å². The SMILES string of the molecule is CC1(C)O[C@@]2(C)CC[C@]1(O)C[C@@H]2O. The van der Waals surface area contributed by atoms with Crippen molar-refractivity contribution >= 4 is 0 Å². The smallest absolute Gasteiger partial charge is 0.0957 e. The number of hydrogen-bond donors (Lipinski definition) is 2. The van der Waals surface area contributed by atoms with Crippen molar-refractivity contribution in [1.82, 2.24) is 0 Å². The molecule has 3 fully saturated rings. The third kappa shape index (κ3) is 1.07. The Morgan fingerprint density at radius 2 is 1.85 bits per heavy atom. The minimum absolute atomic E-state index is 0.441. The number of ether oxygens (including phenoxy) is 1. The molecule has 0 unspecified atom stereocenters. The fourth-order valence-corrected chi connectivity index (χ4v) is 2.60. The summed E-state index contributed by atoms with van der Waals surface area (Å²) in [7, 11) is 0. The normalized spacial score (nSPS) is 53.8. The molecule has 0 aromatic rings. The van der Waals surface area contributed by atoms with E-state index in [1.807, 2.05) is 20.8 Å². The van der Waals surface area contributed by atoms with E-state index in [1.165, 1.54) is 0 Å². The first-order valence-electron chi connectivity index (χ1n) is 4.90. The highest BCUT2D eigenvalue weighted by Gasteiger charge is 2.61. The van der Waals surface area contributed by atoms with Crippen molar-refractivity contribution in [2.75, 3.05) is 0 Å². The predicted octanol–water partition coefficient (Wildman–Crippen LogP) is 0.830. The van der Waals surface area contributed by atoms with E-state index in [0.717, 1.165) is 12.8 Å². The number of aliphatic hydroxyl groups excluding tert-OH is 1. The van der Waals surface area contributed by atoms with Gasteiger partial charge in [-0.3, -0.25) is 0 Å². The van der Waals surface area contributed by atoms with E-state index in [2.05, 4.69) is 0 Å². The Labute approximate surface area is 78.7 Å². The van der Waals surface area contributed by atoms with Gasteiger partial charge in [0.05, 0.1) is 22.9 Å². The Kier molecular flexibility index (Phi) is 1.65. The van der Waals surface area contributed by atoms with E-state index in [9.17, 15) is 10.2 Å². The van der Waals surface area contributed by atoms with Crippen LogP contribution in [0.4, 0.5) is 0 Å². The van der Waals surface area contributed by atoms with Crippen LogP contribution in [0, 0.1) is 0 Å². The Balaban J connectivity index is 2.36. The molecule has 2 N–H and O–H groups in total. The van der Waals surface area contributed by atoms with Gasteiger partial charge in [-0.05, 0) is 33.6 Å². The molecule has 1 aliphatic carbocycles. The summed E-state index contributed by atoms with van der Waals surface area (Å²) in [4.78, 5) is 0. The van der Waals surface area contributed by atoms with E-state index in [0.29, 0.717) is 6.42 Å². The summed E-state index contributed by atoms with van der Waals surface area (Å²) in [5.74, 6) is 0. The van der Waals surface area contributed by atoms with Gasteiger partial charge in [0.25, 0.3) is 0 Å². The molecule has 0 spiro atoms. The lowest BCUT2D eigenvalue weighted by Crippen LogP contribution is -2.70. The van der Waals surface area contributed by atoms with Crippen LogP contribution in [-0.4, -0.2) is 33.1 Å². The topological polar surface area (TPSA) is 49.7 Å². The van der Waals surface area contributed by atoms with E-state index in [4.69, 9.17) is 4.74 Å². The maximum absolute atomic E-state index is 10.2. The third-order valence-electron chi connectivity index (χ3n) is 3.88. The van der Waals surface area contributed by atoms with E-state index >= 15 is 0 Å². The molecule has 2 saturated heterocycles. The Morgan fingerprint density at radius 1 is 1.23 bits per heavy atom. The van der Waals surface area contributed by atoms with Crippen molar-refractivity contribution in [3.63, 3.8) is 0 Å². The van der Waals surface area contributed by atoms with Gasteiger partial charge in [0.2, 0.25) is 0 Å². The van der Waals surface area contributed by atoms with Crippen LogP contribution in [0.3, 0.4) is 0 Å². The molecule has 2 aliphatic heterocycles. The van der Waals surface area contributed by atoms with Crippen LogP contribution in [0.25, 0.3) is 0 Å². The van der Waals surface area contributed by atoms with E-state index < -0.39 is 22.9 Å². The van der Waals surface area contributed by atoms with Gasteiger partial charge in [0.1, 0.15) is 0 Å². The molecule has 1 saturated carbocycles. The molecule has 0 aromatic heterocycles. The molecule has 0 amide bonds. The second-order valence-corrected chi connectivity index (χ2v) is 5.18.